The van der Waals surface area contributed by atoms with Crippen LogP contribution >= 0.6 is 0 Å². The van der Waals surface area contributed by atoms with Gasteiger partial charge >= 0.3 is 5.97 Å². The molecule has 1 fully saturated rings. The number of carbonyl (C=O) groups is 3. The molecule has 7 heteroatoms. The van der Waals surface area contributed by atoms with E-state index in [1.807, 2.05) is 13.8 Å². The average Bonchev–Trinajstić information content (AvgIpc) is 2.58. The third kappa shape index (κ3) is 6.11. The van der Waals surface area contributed by atoms with Gasteiger partial charge in [0.05, 0.1) is 5.41 Å². The van der Waals surface area contributed by atoms with E-state index in [1.54, 1.807) is 4.90 Å². The van der Waals surface area contributed by atoms with Crippen LogP contribution in [0.4, 0.5) is 0 Å². The maximum Gasteiger partial charge on any atom is 0.311 e. The number of carboxylic acids is 1. The maximum atomic E-state index is 12.1. The summed E-state index contributed by atoms with van der Waals surface area (Å²) < 4.78 is 5.21. The number of aliphatic carboxylic acids is 1. The highest BCUT2D eigenvalue weighted by Crippen LogP contribution is 2.30. The molecule has 1 rings (SSSR count). The molecular formula is C17H30N2O5. The third-order valence-electron chi connectivity index (χ3n) is 4.43. The molecule has 2 amide bonds. The molecule has 1 aliphatic heterocycles. The zero-order valence-electron chi connectivity index (χ0n) is 14.8. The first kappa shape index (κ1) is 20.4. The second-order valence-corrected chi connectivity index (χ2v) is 6.36. The van der Waals surface area contributed by atoms with E-state index in [1.165, 1.54) is 0 Å². The smallest absolute Gasteiger partial charge is 0.311 e. The van der Waals surface area contributed by atoms with Crippen LogP contribution < -0.4 is 5.32 Å². The highest BCUT2D eigenvalue weighted by atomic mass is 16.5. The molecule has 0 saturated carbocycles. The van der Waals surface area contributed by atoms with Gasteiger partial charge < -0.3 is 20.1 Å². The summed E-state index contributed by atoms with van der Waals surface area (Å²) in [7, 11) is 0. The topological polar surface area (TPSA) is 95.9 Å². The molecule has 0 aromatic heterocycles. The van der Waals surface area contributed by atoms with Crippen molar-refractivity contribution in [2.75, 3.05) is 32.8 Å². The lowest BCUT2D eigenvalue weighted by molar-refractivity contribution is -0.154. The molecule has 0 spiro atoms. The summed E-state index contributed by atoms with van der Waals surface area (Å²) in [5.41, 5.74) is -0.950. The van der Waals surface area contributed by atoms with Crippen LogP contribution in [0.1, 0.15) is 52.4 Å². The fraction of sp³-hybridized carbons (Fsp3) is 0.824. The number of ether oxygens (including phenoxy) is 1. The molecule has 2 N–H and O–H groups in total. The van der Waals surface area contributed by atoms with Crippen molar-refractivity contribution >= 4 is 17.8 Å². The third-order valence-corrected chi connectivity index (χ3v) is 4.43. The summed E-state index contributed by atoms with van der Waals surface area (Å²) in [5.74, 6) is -1.20. The van der Waals surface area contributed by atoms with E-state index in [4.69, 9.17) is 4.74 Å². The van der Waals surface area contributed by atoms with Crippen LogP contribution in [0.15, 0.2) is 0 Å². The Bertz CT molecular complexity index is 427. The Balaban J connectivity index is 2.42. The lowest BCUT2D eigenvalue weighted by atomic mass is 9.80. The first-order valence-corrected chi connectivity index (χ1v) is 8.80. The van der Waals surface area contributed by atoms with Gasteiger partial charge in [-0.15, -0.1) is 0 Å². The highest BCUT2D eigenvalue weighted by molar-refractivity contribution is 5.84. The number of nitrogens with zero attached hydrogens (tertiary/aromatic N) is 1. The Morgan fingerprint density at radius 3 is 2.17 bits per heavy atom. The van der Waals surface area contributed by atoms with Crippen molar-refractivity contribution < 1.29 is 24.2 Å². The first-order valence-electron chi connectivity index (χ1n) is 8.80. The SMILES string of the molecule is CCCN(CCC)C(=O)CCC(=O)NCC1(C(=O)O)CCOCC1. The number of hydrogen-bond acceptors (Lipinski definition) is 4. The average molecular weight is 342 g/mol. The molecule has 1 heterocycles. The van der Waals surface area contributed by atoms with Gasteiger partial charge in [0.15, 0.2) is 0 Å². The van der Waals surface area contributed by atoms with Crippen molar-refractivity contribution in [1.29, 1.82) is 0 Å². The van der Waals surface area contributed by atoms with E-state index in [2.05, 4.69) is 5.32 Å². The Kier molecular flexibility index (Phi) is 8.74. The molecule has 7 nitrogen and oxygen atoms in total. The van der Waals surface area contributed by atoms with Gasteiger partial charge in [-0.25, -0.2) is 0 Å². The van der Waals surface area contributed by atoms with Crippen LogP contribution in [0.5, 0.6) is 0 Å². The van der Waals surface area contributed by atoms with Crippen molar-refractivity contribution in [3.05, 3.63) is 0 Å². The van der Waals surface area contributed by atoms with Gasteiger partial charge in [-0.1, -0.05) is 13.8 Å². The first-order chi connectivity index (χ1) is 11.4. The van der Waals surface area contributed by atoms with Gasteiger partial charge in [0.2, 0.25) is 11.8 Å². The second kappa shape index (κ2) is 10.3. The van der Waals surface area contributed by atoms with Gasteiger partial charge in [-0.05, 0) is 25.7 Å². The molecule has 0 unspecified atom stereocenters. The predicted molar refractivity (Wildman–Crippen MR) is 89.5 cm³/mol. The van der Waals surface area contributed by atoms with Crippen LogP contribution in [0.25, 0.3) is 0 Å². The molecule has 0 aromatic carbocycles. The molecule has 138 valence electrons. The summed E-state index contributed by atoms with van der Waals surface area (Å²) in [6.45, 7) is 6.32. The van der Waals surface area contributed by atoms with Gasteiger partial charge in [0.1, 0.15) is 0 Å². The summed E-state index contributed by atoms with van der Waals surface area (Å²) in [4.78, 5) is 37.4. The van der Waals surface area contributed by atoms with E-state index in [-0.39, 0.29) is 31.2 Å². The molecular weight excluding hydrogens is 312 g/mol. The van der Waals surface area contributed by atoms with E-state index in [0.29, 0.717) is 39.1 Å². The van der Waals surface area contributed by atoms with Gasteiger partial charge in [0, 0.05) is 45.7 Å². The lowest BCUT2D eigenvalue weighted by Crippen LogP contribution is -2.46. The Morgan fingerprint density at radius 2 is 1.67 bits per heavy atom. The minimum Gasteiger partial charge on any atom is -0.481 e. The molecule has 0 aliphatic carbocycles. The molecule has 0 radical (unpaired) electrons. The highest BCUT2D eigenvalue weighted by Gasteiger charge is 2.40. The minimum absolute atomic E-state index is 0.0205. The molecule has 0 aromatic rings. The molecule has 0 bridgehead atoms. The van der Waals surface area contributed by atoms with Crippen molar-refractivity contribution in [3.63, 3.8) is 0 Å². The molecule has 1 aliphatic rings. The summed E-state index contributed by atoms with van der Waals surface area (Å²) in [6, 6.07) is 0. The standard InChI is InChI=1S/C17H30N2O5/c1-3-9-19(10-4-2)15(21)6-5-14(20)18-13-17(16(22)23)7-11-24-12-8-17/h3-13H2,1-2H3,(H,18,20)(H,22,23). The van der Waals surface area contributed by atoms with E-state index in [9.17, 15) is 19.5 Å². The second-order valence-electron chi connectivity index (χ2n) is 6.36. The number of nitrogens with one attached hydrogen (secondary N) is 1. The number of amides is 2. The quantitative estimate of drug-likeness (QED) is 0.626. The van der Waals surface area contributed by atoms with E-state index < -0.39 is 11.4 Å². The predicted octanol–water partition coefficient (Wildman–Crippen LogP) is 1.41. The number of carboxylic acid groups (broad SMARTS) is 1. The Labute approximate surface area is 143 Å². The van der Waals surface area contributed by atoms with Crippen molar-refractivity contribution in [3.8, 4) is 0 Å². The van der Waals surface area contributed by atoms with Crippen LogP contribution in [0, 0.1) is 5.41 Å². The molecule has 1 saturated heterocycles. The van der Waals surface area contributed by atoms with Crippen molar-refractivity contribution in [1.82, 2.24) is 10.2 Å². The van der Waals surface area contributed by atoms with Gasteiger partial charge in [-0.2, -0.15) is 0 Å². The van der Waals surface area contributed by atoms with Crippen LogP contribution in [0.3, 0.4) is 0 Å². The maximum absolute atomic E-state index is 12.1. The van der Waals surface area contributed by atoms with Crippen molar-refractivity contribution in [2.24, 2.45) is 5.41 Å². The zero-order valence-corrected chi connectivity index (χ0v) is 14.8. The Morgan fingerprint density at radius 1 is 1.08 bits per heavy atom. The summed E-state index contributed by atoms with van der Waals surface area (Å²) in [6.07, 6.45) is 2.82. The monoisotopic (exact) mass is 342 g/mol. The van der Waals surface area contributed by atoms with Crippen LogP contribution in [-0.4, -0.2) is 60.6 Å². The molecule has 0 atom stereocenters. The van der Waals surface area contributed by atoms with Gasteiger partial charge in [-0.3, -0.25) is 14.4 Å². The zero-order chi connectivity index (χ0) is 18.0. The van der Waals surface area contributed by atoms with Crippen LogP contribution in [-0.2, 0) is 19.1 Å². The molecule has 24 heavy (non-hydrogen) atoms. The fourth-order valence-electron chi connectivity index (χ4n) is 2.86. The number of carbonyl (C=O) groups excluding carboxylic acids is 2. The summed E-state index contributed by atoms with van der Waals surface area (Å²) in [5, 5.41) is 12.1. The normalized spacial score (nSPS) is 16.4. The van der Waals surface area contributed by atoms with Gasteiger partial charge in [0.25, 0.3) is 0 Å². The van der Waals surface area contributed by atoms with Crippen molar-refractivity contribution in [2.45, 2.75) is 52.4 Å². The number of rotatable bonds is 10. The number of hydrogen-bond donors (Lipinski definition) is 2. The van der Waals surface area contributed by atoms with E-state index >= 15 is 0 Å². The van der Waals surface area contributed by atoms with Crippen LogP contribution in [0.2, 0.25) is 0 Å². The lowest BCUT2D eigenvalue weighted by Gasteiger charge is -2.33. The Hall–Kier alpha value is -1.63. The largest absolute Gasteiger partial charge is 0.481 e. The minimum atomic E-state index is -0.950. The fourth-order valence-corrected chi connectivity index (χ4v) is 2.86. The van der Waals surface area contributed by atoms with E-state index in [0.717, 1.165) is 12.8 Å². The summed E-state index contributed by atoms with van der Waals surface area (Å²) >= 11 is 0.